The van der Waals surface area contributed by atoms with Crippen LogP contribution in [0.3, 0.4) is 0 Å². The average Bonchev–Trinajstić information content (AvgIpc) is 3.31. The molecule has 0 aliphatic carbocycles. The highest BCUT2D eigenvalue weighted by molar-refractivity contribution is 5.82. The van der Waals surface area contributed by atoms with Crippen LogP contribution in [0.15, 0.2) is 59.7 Å². The summed E-state index contributed by atoms with van der Waals surface area (Å²) < 4.78 is 1.59. The van der Waals surface area contributed by atoms with Crippen LogP contribution < -0.4 is 0 Å². The van der Waals surface area contributed by atoms with Gasteiger partial charge in [-0.15, -0.1) is 0 Å². The zero-order chi connectivity index (χ0) is 31.4. The zero-order valence-corrected chi connectivity index (χ0v) is 29.1. The van der Waals surface area contributed by atoms with Gasteiger partial charge >= 0.3 is 0 Å². The second-order valence-electron chi connectivity index (χ2n) is 13.3. The quantitative estimate of drug-likeness (QED) is 0.0851. The molecular formula is C42H64N2. The summed E-state index contributed by atoms with van der Waals surface area (Å²) in [6.45, 7) is 9.12. The van der Waals surface area contributed by atoms with Gasteiger partial charge in [0.15, 0.2) is 0 Å². The van der Waals surface area contributed by atoms with E-state index in [0.717, 1.165) is 49.9 Å². The van der Waals surface area contributed by atoms with E-state index in [1.54, 1.807) is 4.70 Å². The summed E-state index contributed by atoms with van der Waals surface area (Å²) in [5.74, 6) is 0. The van der Waals surface area contributed by atoms with E-state index in [9.17, 15) is 5.53 Å². The third kappa shape index (κ3) is 11.5. The van der Waals surface area contributed by atoms with Crippen molar-refractivity contribution in [2.75, 3.05) is 0 Å². The Bertz CT molecular complexity index is 1180. The van der Waals surface area contributed by atoms with Crippen LogP contribution in [0.25, 0.3) is 16.9 Å². The summed E-state index contributed by atoms with van der Waals surface area (Å²) in [6.07, 6.45) is 27.5. The van der Waals surface area contributed by atoms with E-state index in [1.807, 2.05) is 0 Å². The number of nitrogens with zero attached hydrogens (tertiary/aromatic N) is 2. The number of hydrogen-bond donors (Lipinski definition) is 0. The van der Waals surface area contributed by atoms with Gasteiger partial charge in [-0.2, -0.15) is 0 Å². The van der Waals surface area contributed by atoms with Gasteiger partial charge in [0.1, 0.15) is 0 Å². The van der Waals surface area contributed by atoms with Gasteiger partial charge in [0.05, 0.1) is 0 Å². The van der Waals surface area contributed by atoms with Gasteiger partial charge in [-0.3, -0.25) is 0 Å². The number of benzene rings is 2. The molecular weight excluding hydrogens is 532 g/mol. The highest BCUT2D eigenvalue weighted by Gasteiger charge is 2.35. The molecule has 1 aliphatic heterocycles. The molecule has 0 atom stereocenters. The molecule has 0 spiro atoms. The van der Waals surface area contributed by atoms with E-state index >= 15 is 0 Å². The highest BCUT2D eigenvalue weighted by atomic mass is 15.2. The average molecular weight is 597 g/mol. The first-order valence-corrected chi connectivity index (χ1v) is 18.8. The minimum atomic E-state index is 1.02. The van der Waals surface area contributed by atoms with Crippen molar-refractivity contribution in [3.8, 4) is 0 Å². The van der Waals surface area contributed by atoms with Crippen LogP contribution in [0.5, 0.6) is 0 Å². The van der Waals surface area contributed by atoms with Crippen LogP contribution in [-0.4, -0.2) is 4.70 Å². The second kappa shape index (κ2) is 21.3. The molecule has 1 aliphatic rings. The van der Waals surface area contributed by atoms with Gasteiger partial charge in [-0.25, -0.2) is 4.70 Å². The Morgan fingerprint density at radius 2 is 0.795 bits per heavy atom. The summed E-state index contributed by atoms with van der Waals surface area (Å²) in [5, 5.41) is 0. The maximum absolute atomic E-state index is 12.1. The van der Waals surface area contributed by atoms with Crippen LogP contribution in [0.4, 0.5) is 0 Å². The van der Waals surface area contributed by atoms with Gasteiger partial charge < -0.3 is 5.53 Å². The van der Waals surface area contributed by atoms with Gasteiger partial charge in [-0.05, 0) is 86.8 Å². The predicted octanol–water partition coefficient (Wildman–Crippen LogP) is 13.8. The normalized spacial score (nSPS) is 13.5. The Morgan fingerprint density at radius 3 is 1.25 bits per heavy atom. The topological polar surface area (TPSA) is 25.3 Å². The van der Waals surface area contributed by atoms with Gasteiger partial charge in [0, 0.05) is 22.3 Å². The lowest BCUT2D eigenvalue weighted by Crippen LogP contribution is -2.03. The summed E-state index contributed by atoms with van der Waals surface area (Å²) in [7, 11) is 0. The van der Waals surface area contributed by atoms with E-state index in [2.05, 4.69) is 76.2 Å². The Labute approximate surface area is 271 Å². The molecule has 0 aromatic heterocycles. The number of rotatable bonds is 24. The Balaban J connectivity index is 1.87. The number of aryl methyl sites for hydroxylation is 2. The smallest absolute Gasteiger partial charge is 0.211 e. The Hall–Kier alpha value is -2.48. The molecule has 0 saturated carbocycles. The van der Waals surface area contributed by atoms with Crippen LogP contribution >= 0.6 is 0 Å². The summed E-state index contributed by atoms with van der Waals surface area (Å²) in [6, 6.07) is 18.1. The van der Waals surface area contributed by atoms with Gasteiger partial charge in [0.2, 0.25) is 11.4 Å². The Morgan fingerprint density at radius 1 is 0.432 bits per heavy atom. The van der Waals surface area contributed by atoms with Crippen molar-refractivity contribution in [3.05, 3.63) is 87.5 Å². The summed E-state index contributed by atoms with van der Waals surface area (Å²) >= 11 is 0. The molecule has 0 N–H and O–H groups in total. The number of unbranched alkanes of at least 4 members (excludes halogenated alkanes) is 14. The molecule has 44 heavy (non-hydrogen) atoms. The highest BCUT2D eigenvalue weighted by Crippen LogP contribution is 2.44. The molecule has 2 aromatic carbocycles. The SMILES string of the molecule is CCCCCCCCCCCCC1=C(c2cccc(CCCCC)c2)[N+](=[N-])C(c2cccc(CCCCC)c2)=C1CCCC. The molecule has 0 saturated heterocycles. The fraction of sp³-hybridized carbons (Fsp3) is 0.619. The van der Waals surface area contributed by atoms with Crippen molar-refractivity contribution in [2.24, 2.45) is 0 Å². The first kappa shape index (κ1) is 36.0. The first-order valence-electron chi connectivity index (χ1n) is 18.8. The maximum atomic E-state index is 12.1. The molecule has 0 amide bonds. The van der Waals surface area contributed by atoms with E-state index in [1.165, 1.54) is 136 Å². The molecule has 2 aromatic rings. The van der Waals surface area contributed by atoms with Crippen LogP contribution in [0.2, 0.25) is 0 Å². The molecule has 0 radical (unpaired) electrons. The van der Waals surface area contributed by atoms with Crippen LogP contribution in [0.1, 0.15) is 178 Å². The number of allylic oxidation sites excluding steroid dienone is 2. The van der Waals surface area contributed by atoms with Crippen molar-refractivity contribution in [3.63, 3.8) is 0 Å². The molecule has 0 bridgehead atoms. The maximum Gasteiger partial charge on any atom is 0.211 e. The zero-order valence-electron chi connectivity index (χ0n) is 29.1. The first-order chi connectivity index (χ1) is 21.6. The number of hydrogen-bond acceptors (Lipinski definition) is 0. The largest absolute Gasteiger partial charge is 0.493 e. The van der Waals surface area contributed by atoms with E-state index in [-0.39, 0.29) is 0 Å². The van der Waals surface area contributed by atoms with Crippen molar-refractivity contribution in [1.29, 1.82) is 0 Å². The van der Waals surface area contributed by atoms with Gasteiger partial charge in [0.25, 0.3) is 0 Å². The van der Waals surface area contributed by atoms with E-state index in [0.29, 0.717) is 0 Å². The van der Waals surface area contributed by atoms with Crippen LogP contribution in [0, 0.1) is 0 Å². The van der Waals surface area contributed by atoms with Crippen molar-refractivity contribution in [2.45, 2.75) is 169 Å². The lowest BCUT2D eigenvalue weighted by molar-refractivity contribution is -0.345. The second-order valence-corrected chi connectivity index (χ2v) is 13.3. The lowest BCUT2D eigenvalue weighted by Gasteiger charge is -2.12. The monoisotopic (exact) mass is 597 g/mol. The minimum Gasteiger partial charge on any atom is -0.493 e. The van der Waals surface area contributed by atoms with E-state index < -0.39 is 0 Å². The molecule has 242 valence electrons. The van der Waals surface area contributed by atoms with Crippen molar-refractivity contribution in [1.82, 2.24) is 0 Å². The molecule has 1 heterocycles. The summed E-state index contributed by atoms with van der Waals surface area (Å²) in [4.78, 5) is 0. The van der Waals surface area contributed by atoms with Crippen molar-refractivity contribution < 1.29 is 4.70 Å². The fourth-order valence-corrected chi connectivity index (χ4v) is 6.83. The molecule has 3 rings (SSSR count). The van der Waals surface area contributed by atoms with E-state index in [4.69, 9.17) is 0 Å². The molecule has 2 heteroatoms. The molecule has 0 fully saturated rings. The standard InChI is InChI=1S/C42H64N2/c1-5-9-13-14-15-16-17-18-19-22-32-40-39(31-12-8-4)41(37-29-23-27-35(33-37)25-20-10-6-2)44(43)42(40)38-30-24-28-36(34-38)26-21-11-7-3/h23-24,27-30,33-34H,5-22,25-26,31-32H2,1-4H3. The molecule has 0 unspecified atom stereocenters. The third-order valence-corrected chi connectivity index (χ3v) is 9.46. The Kier molecular flexibility index (Phi) is 17.4. The lowest BCUT2D eigenvalue weighted by atomic mass is 9.91. The summed E-state index contributed by atoms with van der Waals surface area (Å²) in [5.41, 5.74) is 22.0. The minimum absolute atomic E-state index is 1.02. The van der Waals surface area contributed by atoms with Crippen molar-refractivity contribution >= 4 is 11.4 Å². The fourth-order valence-electron chi connectivity index (χ4n) is 6.83. The van der Waals surface area contributed by atoms with Crippen LogP contribution in [-0.2, 0) is 12.8 Å². The third-order valence-electron chi connectivity index (χ3n) is 9.46. The predicted molar refractivity (Wildman–Crippen MR) is 193 cm³/mol. The molecule has 2 nitrogen and oxygen atoms in total. The van der Waals surface area contributed by atoms with Gasteiger partial charge in [-0.1, -0.05) is 142 Å².